The van der Waals surface area contributed by atoms with Gasteiger partial charge < -0.3 is 16.1 Å². The lowest BCUT2D eigenvalue weighted by Crippen LogP contribution is -2.47. The molecule has 3 heteroatoms. The van der Waals surface area contributed by atoms with Crippen LogP contribution in [0.25, 0.3) is 0 Å². The number of carbonyl (C=O) groups is 1. The number of hydrogen-bond donors (Lipinski definition) is 1. The highest BCUT2D eigenvalue weighted by Crippen LogP contribution is 2.43. The van der Waals surface area contributed by atoms with E-state index in [1.165, 1.54) is 128 Å². The average Bonchev–Trinajstić information content (AvgIpc) is 2.87. The van der Waals surface area contributed by atoms with E-state index in [0.717, 1.165) is 44.9 Å². The van der Waals surface area contributed by atoms with E-state index in [1.807, 2.05) is 0 Å². The van der Waals surface area contributed by atoms with E-state index in [9.17, 15) is 9.90 Å². The summed E-state index contributed by atoms with van der Waals surface area (Å²) >= 11 is 0. The Kier molecular flexibility index (Phi) is 29.7. The van der Waals surface area contributed by atoms with Crippen LogP contribution in [0.4, 0.5) is 0 Å². The van der Waals surface area contributed by atoms with Gasteiger partial charge in [0.15, 0.2) is 0 Å². The molecule has 224 valence electrons. The topological polar surface area (TPSA) is 76.6 Å². The highest BCUT2D eigenvalue weighted by molar-refractivity contribution is 5.72. The molecule has 0 bridgehead atoms. The zero-order valence-electron chi connectivity index (χ0n) is 26.5. The van der Waals surface area contributed by atoms with Gasteiger partial charge in [-0.2, -0.15) is 0 Å². The van der Waals surface area contributed by atoms with Gasteiger partial charge in [-0.3, -0.25) is 0 Å². The Bertz CT molecular complexity index is 467. The van der Waals surface area contributed by atoms with Gasteiger partial charge in [-0.1, -0.05) is 175 Å². The molecule has 0 fully saturated rings. The van der Waals surface area contributed by atoms with Crippen LogP contribution < -0.4 is 11.3 Å². The summed E-state index contributed by atoms with van der Waals surface area (Å²) in [6.07, 6.45) is 33.7. The van der Waals surface area contributed by atoms with Crippen molar-refractivity contribution in [3.63, 3.8) is 0 Å². The van der Waals surface area contributed by atoms with E-state index < -0.39 is 11.4 Å². The molecule has 0 aliphatic rings. The first-order valence-electron chi connectivity index (χ1n) is 16.8. The molecule has 0 saturated heterocycles. The summed E-state index contributed by atoms with van der Waals surface area (Å²) in [7, 11) is 0. The first-order valence-corrected chi connectivity index (χ1v) is 16.8. The molecule has 3 nitrogen and oxygen atoms in total. The second-order valence-electron chi connectivity index (χ2n) is 11.9. The van der Waals surface area contributed by atoms with Crippen molar-refractivity contribution in [1.29, 1.82) is 0 Å². The molecule has 2 atom stereocenters. The molecule has 4 N–H and O–H groups in total. The molecule has 0 aliphatic carbocycles. The summed E-state index contributed by atoms with van der Waals surface area (Å²) in [6, 6.07) is 0. The summed E-state index contributed by atoms with van der Waals surface area (Å²) in [5, 5.41) is 12.6. The molecule has 0 spiro atoms. The van der Waals surface area contributed by atoms with Gasteiger partial charge in [0, 0.05) is 11.4 Å². The second kappa shape index (κ2) is 28.4. The van der Waals surface area contributed by atoms with E-state index in [4.69, 9.17) is 0 Å². The fourth-order valence-electron chi connectivity index (χ4n) is 6.38. The smallest absolute Gasteiger partial charge is 0.0478 e. The molecule has 0 aromatic rings. The van der Waals surface area contributed by atoms with Crippen molar-refractivity contribution < 1.29 is 9.90 Å². The molecule has 0 heterocycles. The lowest BCUT2D eigenvalue weighted by molar-refractivity contribution is -0.323. The van der Waals surface area contributed by atoms with Crippen LogP contribution >= 0.6 is 0 Å². The number of quaternary nitrogens is 1. The van der Waals surface area contributed by atoms with Gasteiger partial charge in [-0.25, -0.2) is 0 Å². The third-order valence-corrected chi connectivity index (χ3v) is 8.65. The minimum atomic E-state index is -0.750. The molecule has 0 aliphatic heterocycles. The maximum absolute atomic E-state index is 12.6. The van der Waals surface area contributed by atoms with E-state index >= 15 is 0 Å². The number of unbranched alkanes of at least 4 members (excludes halogenated alkanes) is 19. The van der Waals surface area contributed by atoms with Gasteiger partial charge in [0.1, 0.15) is 0 Å². The molecular formula is C34H71NO2. The predicted octanol–water partition coefficient (Wildman–Crippen LogP) is 11.3. The summed E-state index contributed by atoms with van der Waals surface area (Å²) in [5.41, 5.74) is -0.593. The fourth-order valence-corrected chi connectivity index (χ4v) is 6.38. The van der Waals surface area contributed by atoms with Crippen LogP contribution in [0.2, 0.25) is 0 Å². The number of carbonyl (C=O) groups excluding carboxylic acids is 1. The zero-order chi connectivity index (χ0) is 26.7. The third kappa shape index (κ3) is 20.1. The number of carboxylic acids is 1. The highest BCUT2D eigenvalue weighted by Gasteiger charge is 2.38. The van der Waals surface area contributed by atoms with E-state index in [2.05, 4.69) is 27.7 Å². The van der Waals surface area contributed by atoms with Crippen molar-refractivity contribution in [2.24, 2.45) is 11.3 Å². The normalized spacial score (nSPS) is 13.7. The summed E-state index contributed by atoms with van der Waals surface area (Å²) in [5.74, 6) is -0.454. The van der Waals surface area contributed by atoms with E-state index in [1.54, 1.807) is 0 Å². The highest BCUT2D eigenvalue weighted by atomic mass is 16.4. The van der Waals surface area contributed by atoms with E-state index in [0.29, 0.717) is 5.92 Å². The summed E-state index contributed by atoms with van der Waals surface area (Å²) in [4.78, 5) is 12.6. The Hall–Kier alpha value is -0.570. The molecule has 0 radical (unpaired) electrons. The van der Waals surface area contributed by atoms with Crippen LogP contribution in [0.5, 0.6) is 0 Å². The quantitative estimate of drug-likeness (QED) is 0.0985. The van der Waals surface area contributed by atoms with Gasteiger partial charge in [0.05, 0.1) is 0 Å². The van der Waals surface area contributed by atoms with Gasteiger partial charge in [0.2, 0.25) is 0 Å². The van der Waals surface area contributed by atoms with Gasteiger partial charge in [0.25, 0.3) is 0 Å². The van der Waals surface area contributed by atoms with Gasteiger partial charge in [-0.15, -0.1) is 0 Å². The largest absolute Gasteiger partial charge is 0.550 e. The van der Waals surface area contributed by atoms with Crippen LogP contribution in [0.1, 0.15) is 201 Å². The van der Waals surface area contributed by atoms with Crippen LogP contribution in [0.3, 0.4) is 0 Å². The Morgan fingerprint density at radius 2 is 0.865 bits per heavy atom. The van der Waals surface area contributed by atoms with Crippen LogP contribution in [-0.2, 0) is 4.79 Å². The molecule has 0 aromatic heterocycles. The van der Waals surface area contributed by atoms with Crippen molar-refractivity contribution in [2.75, 3.05) is 0 Å². The SMILES string of the molecule is CCCCCCCCCCCCCCCC(CCC)C(CCC)(CCCCCCCCCC)C(=O)[O-].[NH4+]. The number of aliphatic carboxylic acids is 1. The van der Waals surface area contributed by atoms with Crippen molar-refractivity contribution in [3.05, 3.63) is 0 Å². The Balaban J connectivity index is 0. The Labute approximate surface area is 234 Å². The predicted molar refractivity (Wildman–Crippen MR) is 164 cm³/mol. The Morgan fingerprint density at radius 1 is 0.486 bits per heavy atom. The summed E-state index contributed by atoms with van der Waals surface area (Å²) in [6.45, 7) is 8.92. The first-order chi connectivity index (χ1) is 17.6. The van der Waals surface area contributed by atoms with Crippen molar-refractivity contribution in [3.8, 4) is 0 Å². The first kappa shape index (κ1) is 38.6. The van der Waals surface area contributed by atoms with Crippen molar-refractivity contribution >= 4 is 5.97 Å². The lowest BCUT2D eigenvalue weighted by Gasteiger charge is -2.42. The van der Waals surface area contributed by atoms with Crippen LogP contribution in [0.15, 0.2) is 0 Å². The average molecular weight is 526 g/mol. The second-order valence-corrected chi connectivity index (χ2v) is 11.9. The number of rotatable bonds is 29. The number of carboxylic acid groups (broad SMARTS) is 1. The minimum absolute atomic E-state index is 0. The lowest BCUT2D eigenvalue weighted by atomic mass is 9.65. The maximum atomic E-state index is 12.6. The molecule has 0 rings (SSSR count). The minimum Gasteiger partial charge on any atom is -0.550 e. The standard InChI is InChI=1S/C34H68O2.H3N/c1-5-9-11-13-15-17-18-19-20-21-22-24-26-29-32(28-7-3)34(30-8-4,33(35)36)31-27-25-23-16-14-12-10-6-2;/h32H,5-31H2,1-4H3,(H,35,36);1H3. The van der Waals surface area contributed by atoms with Gasteiger partial charge in [-0.05, 0) is 31.6 Å². The van der Waals surface area contributed by atoms with Gasteiger partial charge >= 0.3 is 0 Å². The van der Waals surface area contributed by atoms with Crippen molar-refractivity contribution in [1.82, 2.24) is 6.15 Å². The molecular weight excluding hydrogens is 454 g/mol. The Morgan fingerprint density at radius 3 is 1.22 bits per heavy atom. The van der Waals surface area contributed by atoms with E-state index in [-0.39, 0.29) is 6.15 Å². The van der Waals surface area contributed by atoms with Crippen LogP contribution in [-0.4, -0.2) is 5.97 Å². The van der Waals surface area contributed by atoms with Crippen molar-refractivity contribution in [2.45, 2.75) is 201 Å². The van der Waals surface area contributed by atoms with Crippen LogP contribution in [0, 0.1) is 11.3 Å². The number of hydrogen-bond acceptors (Lipinski definition) is 2. The maximum Gasteiger partial charge on any atom is 0.0478 e. The zero-order valence-corrected chi connectivity index (χ0v) is 26.5. The molecule has 37 heavy (non-hydrogen) atoms. The molecule has 2 unspecified atom stereocenters. The summed E-state index contributed by atoms with van der Waals surface area (Å²) < 4.78 is 0. The fraction of sp³-hybridized carbons (Fsp3) is 0.971. The molecule has 0 saturated carbocycles. The monoisotopic (exact) mass is 526 g/mol. The molecule has 0 aromatic carbocycles. The molecule has 0 amide bonds. The third-order valence-electron chi connectivity index (χ3n) is 8.65.